The highest BCUT2D eigenvalue weighted by Gasteiger charge is 2.22. The van der Waals surface area contributed by atoms with E-state index in [-0.39, 0.29) is 18.1 Å². The van der Waals surface area contributed by atoms with Crippen molar-refractivity contribution in [3.05, 3.63) is 0 Å². The molecule has 0 aromatic heterocycles. The Labute approximate surface area is 244 Å². The number of rotatable bonds is 11. The lowest BCUT2D eigenvalue weighted by atomic mass is 10.2. The summed E-state index contributed by atoms with van der Waals surface area (Å²) in [4.78, 5) is 49.2. The molecule has 0 fully saturated rings. The highest BCUT2D eigenvalue weighted by atomic mass is 79.9. The van der Waals surface area contributed by atoms with E-state index in [1.54, 1.807) is 11.9 Å². The zero-order chi connectivity index (χ0) is 30.9. The van der Waals surface area contributed by atoms with Crippen molar-refractivity contribution in [3.8, 4) is 0 Å². The van der Waals surface area contributed by atoms with Gasteiger partial charge in [0.2, 0.25) is 5.91 Å². The maximum atomic E-state index is 12.1. The van der Waals surface area contributed by atoms with Gasteiger partial charge >= 0.3 is 18.3 Å². The molecule has 0 saturated heterocycles. The molecule has 0 bridgehead atoms. The van der Waals surface area contributed by atoms with Crippen LogP contribution in [0, 0.1) is 0 Å². The van der Waals surface area contributed by atoms with Gasteiger partial charge in [0.1, 0.15) is 16.8 Å². The number of halogens is 1. The molecule has 39 heavy (non-hydrogen) atoms. The number of ether oxygens (including phenoxy) is 3. The van der Waals surface area contributed by atoms with Crippen LogP contribution in [0.1, 0.15) is 88.5 Å². The quantitative estimate of drug-likeness (QED) is 0.181. The first-order valence-electron chi connectivity index (χ1n) is 13.4. The molecule has 11 nitrogen and oxygen atoms in total. The van der Waals surface area contributed by atoms with E-state index >= 15 is 0 Å². The van der Waals surface area contributed by atoms with Crippen molar-refractivity contribution < 1.29 is 33.4 Å². The van der Waals surface area contributed by atoms with Crippen LogP contribution in [0.5, 0.6) is 0 Å². The normalized spacial score (nSPS) is 11.4. The predicted octanol–water partition coefficient (Wildman–Crippen LogP) is 5.30. The summed E-state index contributed by atoms with van der Waals surface area (Å²) in [5.74, 6) is -0.0510. The van der Waals surface area contributed by atoms with E-state index in [1.165, 1.54) is 4.90 Å². The van der Waals surface area contributed by atoms with Crippen molar-refractivity contribution in [3.63, 3.8) is 0 Å². The molecule has 0 heterocycles. The van der Waals surface area contributed by atoms with Gasteiger partial charge in [-0.1, -0.05) is 22.9 Å². The van der Waals surface area contributed by atoms with Gasteiger partial charge in [-0.2, -0.15) is 0 Å². The Kier molecular flexibility index (Phi) is 18.9. The number of carbonyl (C=O) groups excluding carboxylic acids is 4. The lowest BCUT2D eigenvalue weighted by molar-refractivity contribution is -0.118. The van der Waals surface area contributed by atoms with Crippen LogP contribution in [0.3, 0.4) is 0 Å². The zero-order valence-electron chi connectivity index (χ0n) is 26.0. The number of hydrogen-bond acceptors (Lipinski definition) is 7. The molecule has 0 aliphatic rings. The van der Waals surface area contributed by atoms with Crippen LogP contribution in [-0.2, 0) is 19.0 Å². The number of hydrogen-bond donors (Lipinski definition) is 2. The SMILES string of the molecule is CCCN(CCCNC(=O)OC(C)(C)C)C(=O)OC(C)(C)C.CN(CCCNC(=O)CBr)C(=O)OC(C)(C)C. The molecule has 230 valence electrons. The molecule has 0 saturated carbocycles. The van der Waals surface area contributed by atoms with Crippen LogP contribution in [-0.4, -0.2) is 95.9 Å². The second kappa shape index (κ2) is 18.9. The molecule has 0 aliphatic carbocycles. The van der Waals surface area contributed by atoms with E-state index in [4.69, 9.17) is 14.2 Å². The third-order valence-corrected chi connectivity index (χ3v) is 4.75. The van der Waals surface area contributed by atoms with Gasteiger partial charge in [-0.25, -0.2) is 14.4 Å². The molecule has 4 amide bonds. The minimum absolute atomic E-state index is 0.0510. The first kappa shape index (κ1) is 38.9. The van der Waals surface area contributed by atoms with Gasteiger partial charge < -0.3 is 34.6 Å². The molecular formula is C27H53BrN4O7. The Bertz CT molecular complexity index is 744. The first-order chi connectivity index (χ1) is 17.7. The number of carbonyl (C=O) groups is 4. The molecule has 0 spiro atoms. The number of alkyl carbamates (subject to hydrolysis) is 1. The van der Waals surface area contributed by atoms with Crippen molar-refractivity contribution in [2.24, 2.45) is 0 Å². The van der Waals surface area contributed by atoms with Crippen LogP contribution in [0.2, 0.25) is 0 Å². The fourth-order valence-corrected chi connectivity index (χ4v) is 2.89. The van der Waals surface area contributed by atoms with Gasteiger partial charge in [-0.3, -0.25) is 4.79 Å². The first-order valence-corrected chi connectivity index (χ1v) is 14.5. The molecule has 0 atom stereocenters. The van der Waals surface area contributed by atoms with Crippen molar-refractivity contribution >= 4 is 40.1 Å². The third-order valence-electron chi connectivity index (χ3n) is 4.24. The van der Waals surface area contributed by atoms with E-state index in [0.717, 1.165) is 6.42 Å². The smallest absolute Gasteiger partial charge is 0.410 e. The molecule has 0 aromatic carbocycles. The summed E-state index contributed by atoms with van der Waals surface area (Å²) >= 11 is 3.06. The second-order valence-electron chi connectivity index (χ2n) is 12.0. The topological polar surface area (TPSA) is 127 Å². The van der Waals surface area contributed by atoms with Gasteiger partial charge in [0.25, 0.3) is 0 Å². The van der Waals surface area contributed by atoms with Crippen LogP contribution < -0.4 is 10.6 Å². The lowest BCUT2D eigenvalue weighted by Crippen LogP contribution is -2.39. The number of nitrogens with one attached hydrogen (secondary N) is 2. The zero-order valence-corrected chi connectivity index (χ0v) is 27.6. The maximum Gasteiger partial charge on any atom is 0.410 e. The molecule has 0 aliphatic heterocycles. The fraction of sp³-hybridized carbons (Fsp3) is 0.852. The minimum Gasteiger partial charge on any atom is -0.444 e. The van der Waals surface area contributed by atoms with Gasteiger partial charge in [0.15, 0.2) is 0 Å². The van der Waals surface area contributed by atoms with Gasteiger partial charge in [-0.15, -0.1) is 0 Å². The number of alkyl halides is 1. The van der Waals surface area contributed by atoms with E-state index in [1.807, 2.05) is 69.2 Å². The van der Waals surface area contributed by atoms with Gasteiger partial charge in [0, 0.05) is 39.8 Å². The lowest BCUT2D eigenvalue weighted by Gasteiger charge is -2.27. The minimum atomic E-state index is -0.505. The highest BCUT2D eigenvalue weighted by molar-refractivity contribution is 9.09. The third kappa shape index (κ3) is 25.8. The Morgan fingerprint density at radius 1 is 0.692 bits per heavy atom. The molecular weight excluding hydrogens is 572 g/mol. The molecule has 0 radical (unpaired) electrons. The number of amides is 4. The standard InChI is InChI=1S/C16H32N2O4.C11H21BrN2O3/c1-8-11-18(14(20)22-16(5,6)7)12-9-10-17-13(19)21-15(2,3)4;1-11(2,3)17-10(16)14(4)7-5-6-13-9(15)8-12/h8-12H2,1-7H3,(H,17,19);5-8H2,1-4H3,(H,13,15). The Morgan fingerprint density at radius 2 is 1.15 bits per heavy atom. The van der Waals surface area contributed by atoms with Crippen molar-refractivity contribution in [2.75, 3.05) is 45.1 Å². The van der Waals surface area contributed by atoms with E-state index < -0.39 is 22.9 Å². The van der Waals surface area contributed by atoms with E-state index in [9.17, 15) is 19.2 Å². The van der Waals surface area contributed by atoms with Gasteiger partial charge in [0.05, 0.1) is 5.33 Å². The largest absolute Gasteiger partial charge is 0.444 e. The summed E-state index contributed by atoms with van der Waals surface area (Å²) in [6, 6.07) is 0. The summed E-state index contributed by atoms with van der Waals surface area (Å²) in [5, 5.41) is 5.69. The molecule has 0 aromatic rings. The Morgan fingerprint density at radius 3 is 1.62 bits per heavy atom. The van der Waals surface area contributed by atoms with E-state index in [0.29, 0.717) is 50.9 Å². The summed E-state index contributed by atoms with van der Waals surface area (Å²) in [6.45, 7) is 21.2. The molecule has 0 unspecified atom stereocenters. The van der Waals surface area contributed by atoms with Crippen LogP contribution in [0.15, 0.2) is 0 Å². The Balaban J connectivity index is 0. The average Bonchev–Trinajstić information content (AvgIpc) is 2.75. The van der Waals surface area contributed by atoms with Crippen molar-refractivity contribution in [1.82, 2.24) is 20.4 Å². The monoisotopic (exact) mass is 624 g/mol. The summed E-state index contributed by atoms with van der Waals surface area (Å²) in [6.07, 6.45) is 1.12. The predicted molar refractivity (Wildman–Crippen MR) is 157 cm³/mol. The fourth-order valence-electron chi connectivity index (χ4n) is 2.69. The van der Waals surface area contributed by atoms with Crippen molar-refractivity contribution in [2.45, 2.75) is 105 Å². The molecule has 2 N–H and O–H groups in total. The number of nitrogens with zero attached hydrogens (tertiary/aromatic N) is 2. The van der Waals surface area contributed by atoms with Crippen LogP contribution in [0.25, 0.3) is 0 Å². The van der Waals surface area contributed by atoms with Crippen molar-refractivity contribution in [1.29, 1.82) is 0 Å². The Hall–Kier alpha value is -2.24. The summed E-state index contributed by atoms with van der Waals surface area (Å²) in [7, 11) is 1.68. The second-order valence-corrected chi connectivity index (χ2v) is 12.5. The average molecular weight is 626 g/mol. The van der Waals surface area contributed by atoms with E-state index in [2.05, 4.69) is 26.6 Å². The van der Waals surface area contributed by atoms with Crippen LogP contribution >= 0.6 is 15.9 Å². The van der Waals surface area contributed by atoms with Gasteiger partial charge in [-0.05, 0) is 81.6 Å². The molecule has 0 rings (SSSR count). The highest BCUT2D eigenvalue weighted by Crippen LogP contribution is 2.11. The maximum absolute atomic E-state index is 12.1. The summed E-state index contributed by atoms with van der Waals surface area (Å²) < 4.78 is 15.7. The summed E-state index contributed by atoms with van der Waals surface area (Å²) in [5.41, 5.74) is -1.48. The molecule has 12 heteroatoms. The van der Waals surface area contributed by atoms with Crippen LogP contribution in [0.4, 0.5) is 14.4 Å².